The third kappa shape index (κ3) is 3.34. The minimum absolute atomic E-state index is 0.0525. The molecule has 0 aromatic heterocycles. The van der Waals surface area contributed by atoms with E-state index in [0.29, 0.717) is 11.1 Å². The predicted octanol–water partition coefficient (Wildman–Crippen LogP) is 1.91. The van der Waals surface area contributed by atoms with E-state index in [-0.39, 0.29) is 11.9 Å². The van der Waals surface area contributed by atoms with Gasteiger partial charge < -0.3 is 9.47 Å². The molecule has 0 atom stereocenters. The van der Waals surface area contributed by atoms with E-state index in [1.165, 1.54) is 7.11 Å². The van der Waals surface area contributed by atoms with Crippen molar-refractivity contribution in [3.8, 4) is 0 Å². The van der Waals surface area contributed by atoms with Crippen LogP contribution >= 0.6 is 15.9 Å². The van der Waals surface area contributed by atoms with Crippen molar-refractivity contribution < 1.29 is 19.1 Å². The molecule has 1 aromatic carbocycles. The first-order valence-electron chi connectivity index (χ1n) is 4.57. The Morgan fingerprint density at radius 3 is 2.62 bits per heavy atom. The highest BCUT2D eigenvalue weighted by molar-refractivity contribution is 9.09. The second-order valence-electron chi connectivity index (χ2n) is 2.95. The average molecular weight is 287 g/mol. The van der Waals surface area contributed by atoms with E-state index in [2.05, 4.69) is 20.7 Å². The molecule has 0 fully saturated rings. The van der Waals surface area contributed by atoms with Gasteiger partial charge in [-0.1, -0.05) is 18.2 Å². The van der Waals surface area contributed by atoms with Crippen LogP contribution in [0.15, 0.2) is 24.3 Å². The van der Waals surface area contributed by atoms with Gasteiger partial charge in [-0.05, 0) is 27.6 Å². The van der Waals surface area contributed by atoms with Gasteiger partial charge in [0.05, 0.1) is 19.1 Å². The van der Waals surface area contributed by atoms with Gasteiger partial charge in [-0.2, -0.15) is 0 Å². The predicted molar refractivity (Wildman–Crippen MR) is 61.4 cm³/mol. The molecular weight excluding hydrogens is 276 g/mol. The quantitative estimate of drug-likeness (QED) is 0.627. The van der Waals surface area contributed by atoms with Gasteiger partial charge in [0.2, 0.25) is 0 Å². The summed E-state index contributed by atoms with van der Waals surface area (Å²) in [7, 11) is 1.30. The van der Waals surface area contributed by atoms with Crippen LogP contribution in [0.5, 0.6) is 0 Å². The Morgan fingerprint density at radius 1 is 1.31 bits per heavy atom. The van der Waals surface area contributed by atoms with Crippen LogP contribution in [0.3, 0.4) is 0 Å². The van der Waals surface area contributed by atoms with Crippen molar-refractivity contribution in [2.75, 3.05) is 12.6 Å². The molecule has 1 rings (SSSR count). The van der Waals surface area contributed by atoms with Gasteiger partial charge in [-0.3, -0.25) is 4.79 Å². The van der Waals surface area contributed by atoms with Gasteiger partial charge in [0.15, 0.2) is 0 Å². The van der Waals surface area contributed by atoms with Crippen molar-refractivity contribution >= 4 is 27.9 Å². The van der Waals surface area contributed by atoms with Crippen molar-refractivity contribution in [1.82, 2.24) is 0 Å². The summed E-state index contributed by atoms with van der Waals surface area (Å²) in [5.41, 5.74) is 1.13. The topological polar surface area (TPSA) is 52.6 Å². The third-order valence-electron chi connectivity index (χ3n) is 1.97. The van der Waals surface area contributed by atoms with Gasteiger partial charge >= 0.3 is 11.9 Å². The minimum Gasteiger partial charge on any atom is -0.465 e. The summed E-state index contributed by atoms with van der Waals surface area (Å²) < 4.78 is 9.36. The van der Waals surface area contributed by atoms with Crippen LogP contribution in [0.25, 0.3) is 0 Å². The molecule has 0 N–H and O–H groups in total. The van der Waals surface area contributed by atoms with Crippen molar-refractivity contribution in [2.45, 2.75) is 6.42 Å². The van der Waals surface area contributed by atoms with E-state index in [4.69, 9.17) is 4.74 Å². The maximum Gasteiger partial charge on any atom is 0.338 e. The molecule has 86 valence electrons. The molecule has 0 bridgehead atoms. The number of hydrogen-bond donors (Lipinski definition) is 0. The normalized spacial score (nSPS) is 9.62. The molecule has 4 nitrogen and oxygen atoms in total. The summed E-state index contributed by atoms with van der Waals surface area (Å²) in [6, 6.07) is 6.78. The minimum atomic E-state index is -0.456. The van der Waals surface area contributed by atoms with E-state index < -0.39 is 11.9 Å². The molecule has 0 radical (unpaired) electrons. The molecule has 16 heavy (non-hydrogen) atoms. The van der Waals surface area contributed by atoms with Crippen LogP contribution in [0.2, 0.25) is 0 Å². The van der Waals surface area contributed by atoms with Crippen LogP contribution in [0.1, 0.15) is 15.9 Å². The van der Waals surface area contributed by atoms with Crippen LogP contribution in [-0.2, 0) is 20.7 Å². The summed E-state index contributed by atoms with van der Waals surface area (Å²) in [5.74, 6) is -0.851. The summed E-state index contributed by atoms with van der Waals surface area (Å²) >= 11 is 2.99. The fourth-order valence-electron chi connectivity index (χ4n) is 1.25. The van der Waals surface area contributed by atoms with Crippen LogP contribution in [0.4, 0.5) is 0 Å². The number of carbonyl (C=O) groups excluding carboxylic acids is 2. The van der Waals surface area contributed by atoms with Crippen molar-refractivity contribution in [3.05, 3.63) is 35.4 Å². The first kappa shape index (κ1) is 12.7. The van der Waals surface area contributed by atoms with Gasteiger partial charge in [0.1, 0.15) is 5.52 Å². The number of carbonyl (C=O) groups is 2. The van der Waals surface area contributed by atoms with E-state index in [0.717, 1.165) is 0 Å². The van der Waals surface area contributed by atoms with Crippen LogP contribution < -0.4 is 0 Å². The molecule has 0 aliphatic rings. The molecule has 0 saturated carbocycles. The Labute approximate surface area is 102 Å². The number of benzene rings is 1. The largest absolute Gasteiger partial charge is 0.465 e. The Balaban J connectivity index is 2.87. The van der Waals surface area contributed by atoms with Gasteiger partial charge in [-0.25, -0.2) is 4.79 Å². The Kier molecular flexibility index (Phi) is 4.98. The van der Waals surface area contributed by atoms with E-state index in [9.17, 15) is 9.59 Å². The molecule has 0 heterocycles. The first-order valence-corrected chi connectivity index (χ1v) is 5.69. The first-order chi connectivity index (χ1) is 7.69. The number of methoxy groups -OCH3 is 1. The highest BCUT2D eigenvalue weighted by Crippen LogP contribution is 2.11. The Hall–Kier alpha value is -1.36. The monoisotopic (exact) mass is 286 g/mol. The maximum atomic E-state index is 11.4. The lowest BCUT2D eigenvalue weighted by molar-refractivity contribution is -0.140. The molecule has 0 amide bonds. The van der Waals surface area contributed by atoms with Gasteiger partial charge in [0, 0.05) is 0 Å². The lowest BCUT2D eigenvalue weighted by Gasteiger charge is -2.06. The van der Waals surface area contributed by atoms with E-state index in [1.807, 2.05) is 0 Å². The summed E-state index contributed by atoms with van der Waals surface area (Å²) in [6.45, 7) is 0. The second-order valence-corrected chi connectivity index (χ2v) is 3.41. The fraction of sp³-hybridized carbons (Fsp3) is 0.273. The van der Waals surface area contributed by atoms with Crippen LogP contribution in [0, 0.1) is 0 Å². The number of halogens is 1. The molecule has 0 aliphatic heterocycles. The van der Waals surface area contributed by atoms with E-state index in [1.54, 1.807) is 24.3 Å². The molecule has 0 spiro atoms. The zero-order valence-corrected chi connectivity index (χ0v) is 10.3. The second kappa shape index (κ2) is 6.27. The van der Waals surface area contributed by atoms with E-state index >= 15 is 0 Å². The van der Waals surface area contributed by atoms with Gasteiger partial charge in [-0.15, -0.1) is 0 Å². The molecule has 0 saturated heterocycles. The number of alkyl halides is 1. The van der Waals surface area contributed by atoms with Crippen molar-refractivity contribution in [2.24, 2.45) is 0 Å². The molecule has 0 aliphatic carbocycles. The number of esters is 2. The smallest absolute Gasteiger partial charge is 0.338 e. The third-order valence-corrected chi connectivity index (χ3v) is 2.20. The van der Waals surface area contributed by atoms with Crippen molar-refractivity contribution in [1.29, 1.82) is 0 Å². The molecule has 5 heteroatoms. The molecule has 0 unspecified atom stereocenters. The lowest BCUT2D eigenvalue weighted by atomic mass is 10.1. The van der Waals surface area contributed by atoms with Crippen molar-refractivity contribution in [3.63, 3.8) is 0 Å². The Morgan fingerprint density at radius 2 is 2.00 bits per heavy atom. The average Bonchev–Trinajstić information content (AvgIpc) is 2.29. The summed E-state index contributed by atoms with van der Waals surface area (Å²) in [4.78, 5) is 22.7. The lowest BCUT2D eigenvalue weighted by Crippen LogP contribution is -2.11. The zero-order chi connectivity index (χ0) is 12.0. The standard InChI is InChI=1S/C11H11BrO4/c1-15-11(14)9-5-3-2-4-8(9)6-10(13)16-7-12/h2-5H,6-7H2,1H3. The highest BCUT2D eigenvalue weighted by Gasteiger charge is 2.14. The van der Waals surface area contributed by atoms with Crippen LogP contribution in [-0.4, -0.2) is 24.6 Å². The maximum absolute atomic E-state index is 11.4. The number of rotatable bonds is 4. The fourth-order valence-corrected chi connectivity index (χ4v) is 1.51. The Bertz CT molecular complexity index is 389. The SMILES string of the molecule is COC(=O)c1ccccc1CC(=O)OCBr. The molecular formula is C11H11BrO4. The summed E-state index contributed by atoms with van der Waals surface area (Å²) in [6.07, 6.45) is 0.0525. The molecule has 1 aromatic rings. The highest BCUT2D eigenvalue weighted by atomic mass is 79.9. The van der Waals surface area contributed by atoms with Gasteiger partial charge in [0.25, 0.3) is 0 Å². The number of hydrogen-bond acceptors (Lipinski definition) is 4. The summed E-state index contributed by atoms with van der Waals surface area (Å²) in [5, 5.41) is 0. The number of ether oxygens (including phenoxy) is 2. The zero-order valence-electron chi connectivity index (χ0n) is 8.73.